The lowest BCUT2D eigenvalue weighted by atomic mass is 9.99. The van der Waals surface area contributed by atoms with E-state index in [4.69, 9.17) is 0 Å². The maximum atomic E-state index is 4.12. The van der Waals surface area contributed by atoms with Crippen LogP contribution in [0.3, 0.4) is 0 Å². The molecule has 0 saturated heterocycles. The summed E-state index contributed by atoms with van der Waals surface area (Å²) < 4.78 is 1.97. The van der Waals surface area contributed by atoms with Crippen LogP contribution >= 0.6 is 15.9 Å². The van der Waals surface area contributed by atoms with Gasteiger partial charge in [0.15, 0.2) is 0 Å². The molecule has 0 aliphatic rings. The second kappa shape index (κ2) is 6.99. The monoisotopic (exact) mass is 273 g/mol. The van der Waals surface area contributed by atoms with E-state index in [0.29, 0.717) is 0 Å². The van der Waals surface area contributed by atoms with Crippen LogP contribution in [-0.4, -0.2) is 15.0 Å². The topological polar surface area (TPSA) is 30.7 Å². The van der Waals surface area contributed by atoms with Gasteiger partial charge in [0.2, 0.25) is 0 Å². The van der Waals surface area contributed by atoms with E-state index in [1.54, 1.807) is 0 Å². The highest BCUT2D eigenvalue weighted by Crippen LogP contribution is 2.14. The molecule has 0 saturated carbocycles. The smallest absolute Gasteiger partial charge is 0.0932 e. The number of hydrogen-bond donors (Lipinski definition) is 0. The molecule has 0 amide bonds. The zero-order valence-electron chi connectivity index (χ0n) is 9.62. The van der Waals surface area contributed by atoms with Crippen molar-refractivity contribution >= 4 is 15.9 Å². The fraction of sp³-hybridized carbons (Fsp3) is 0.818. The predicted molar refractivity (Wildman–Crippen MR) is 66.0 cm³/mol. The summed E-state index contributed by atoms with van der Waals surface area (Å²) >= 11 is 3.38. The van der Waals surface area contributed by atoms with Crippen molar-refractivity contribution in [3.05, 3.63) is 11.9 Å². The Morgan fingerprint density at radius 2 is 2.27 bits per heavy atom. The molecule has 0 aliphatic heterocycles. The van der Waals surface area contributed by atoms with Crippen LogP contribution in [0, 0.1) is 5.92 Å². The molecule has 3 nitrogen and oxygen atoms in total. The van der Waals surface area contributed by atoms with E-state index < -0.39 is 0 Å². The first-order valence-electron chi connectivity index (χ1n) is 5.75. The summed E-state index contributed by atoms with van der Waals surface area (Å²) in [5, 5.41) is 8.98. The van der Waals surface area contributed by atoms with Crippen molar-refractivity contribution in [1.29, 1.82) is 0 Å². The summed E-state index contributed by atoms with van der Waals surface area (Å²) in [7, 11) is 0. The van der Waals surface area contributed by atoms with Crippen molar-refractivity contribution in [3.8, 4) is 0 Å². The number of halogens is 1. The second-order valence-corrected chi connectivity index (χ2v) is 4.54. The minimum Gasteiger partial charge on any atom is -0.252 e. The Morgan fingerprint density at radius 1 is 1.47 bits per heavy atom. The maximum absolute atomic E-state index is 4.12. The molecular weight excluding hydrogens is 254 g/mol. The molecule has 1 aromatic heterocycles. The molecule has 1 rings (SSSR count). The lowest BCUT2D eigenvalue weighted by Crippen LogP contribution is -2.10. The van der Waals surface area contributed by atoms with Gasteiger partial charge in [0.05, 0.1) is 5.69 Å². The molecular formula is C11H20BrN3. The van der Waals surface area contributed by atoms with Crippen LogP contribution in [0.25, 0.3) is 0 Å². The first-order valence-corrected chi connectivity index (χ1v) is 6.87. The van der Waals surface area contributed by atoms with E-state index in [2.05, 4.69) is 40.1 Å². The van der Waals surface area contributed by atoms with Crippen LogP contribution < -0.4 is 0 Å². The Labute approximate surface area is 100 Å². The molecule has 1 heterocycles. The number of aromatic nitrogens is 3. The third kappa shape index (κ3) is 4.33. The van der Waals surface area contributed by atoms with Crippen LogP contribution in [0.5, 0.6) is 0 Å². The largest absolute Gasteiger partial charge is 0.252 e. The van der Waals surface area contributed by atoms with Crippen molar-refractivity contribution in [1.82, 2.24) is 15.0 Å². The highest BCUT2D eigenvalue weighted by molar-refractivity contribution is 9.08. The van der Waals surface area contributed by atoms with Gasteiger partial charge in [-0.05, 0) is 12.3 Å². The van der Waals surface area contributed by atoms with Gasteiger partial charge in [0, 0.05) is 18.1 Å². The van der Waals surface area contributed by atoms with Crippen molar-refractivity contribution in [2.75, 3.05) is 0 Å². The Morgan fingerprint density at radius 3 is 2.80 bits per heavy atom. The number of nitrogens with zero attached hydrogens (tertiary/aromatic N) is 3. The van der Waals surface area contributed by atoms with E-state index in [9.17, 15) is 0 Å². The van der Waals surface area contributed by atoms with E-state index in [1.165, 1.54) is 25.7 Å². The Balaban J connectivity index is 2.43. The fourth-order valence-corrected chi connectivity index (χ4v) is 1.93. The van der Waals surface area contributed by atoms with Gasteiger partial charge in [-0.3, -0.25) is 4.68 Å². The van der Waals surface area contributed by atoms with Gasteiger partial charge in [-0.15, -0.1) is 5.10 Å². The Kier molecular flexibility index (Phi) is 5.91. The number of alkyl halides is 1. The summed E-state index contributed by atoms with van der Waals surface area (Å²) in [6.07, 6.45) is 7.16. The number of hydrogen-bond acceptors (Lipinski definition) is 2. The summed E-state index contributed by atoms with van der Waals surface area (Å²) in [6.45, 7) is 5.50. The average molecular weight is 274 g/mol. The van der Waals surface area contributed by atoms with Crippen LogP contribution in [-0.2, 0) is 11.9 Å². The van der Waals surface area contributed by atoms with Gasteiger partial charge in [0.1, 0.15) is 0 Å². The van der Waals surface area contributed by atoms with Gasteiger partial charge < -0.3 is 0 Å². The quantitative estimate of drug-likeness (QED) is 0.713. The molecule has 0 fully saturated rings. The molecule has 0 aromatic carbocycles. The average Bonchev–Trinajstić information content (AvgIpc) is 2.71. The van der Waals surface area contributed by atoms with Gasteiger partial charge in [-0.1, -0.05) is 54.3 Å². The molecule has 1 unspecified atom stereocenters. The van der Waals surface area contributed by atoms with E-state index in [1.807, 2.05) is 10.9 Å². The highest BCUT2D eigenvalue weighted by atomic mass is 79.9. The third-order valence-electron chi connectivity index (χ3n) is 2.71. The normalized spacial score (nSPS) is 13.0. The van der Waals surface area contributed by atoms with Gasteiger partial charge >= 0.3 is 0 Å². The molecule has 86 valence electrons. The predicted octanol–water partition coefficient (Wildman–Crippen LogP) is 3.39. The highest BCUT2D eigenvalue weighted by Gasteiger charge is 2.08. The molecule has 15 heavy (non-hydrogen) atoms. The minimum atomic E-state index is 0.745. The number of unbranched alkanes of at least 4 members (excludes halogenated alkanes) is 1. The lowest BCUT2D eigenvalue weighted by Gasteiger charge is -2.13. The molecule has 0 aliphatic carbocycles. The second-order valence-electron chi connectivity index (χ2n) is 3.98. The third-order valence-corrected chi connectivity index (χ3v) is 3.29. The fourth-order valence-electron chi connectivity index (χ4n) is 1.67. The lowest BCUT2D eigenvalue weighted by molar-refractivity contribution is 0.368. The Bertz CT molecular complexity index is 273. The molecule has 0 N–H and O–H groups in total. The molecule has 4 heteroatoms. The first-order chi connectivity index (χ1) is 7.30. The molecule has 0 bridgehead atoms. The van der Waals surface area contributed by atoms with Crippen molar-refractivity contribution in [2.45, 2.75) is 51.4 Å². The minimum absolute atomic E-state index is 0.745. The van der Waals surface area contributed by atoms with Crippen LogP contribution in [0.4, 0.5) is 0 Å². The summed E-state index contributed by atoms with van der Waals surface area (Å²) in [6, 6.07) is 0. The van der Waals surface area contributed by atoms with Crippen molar-refractivity contribution in [3.63, 3.8) is 0 Å². The van der Waals surface area contributed by atoms with Crippen LogP contribution in [0.2, 0.25) is 0 Å². The standard InChI is InChI=1S/C11H20BrN3/c1-3-5-6-10(4-2)8-15-9-11(7-12)13-14-15/h9-10H,3-8H2,1-2H3. The number of rotatable bonds is 7. The SMILES string of the molecule is CCCCC(CC)Cn1cc(CBr)nn1. The molecule has 0 radical (unpaired) electrons. The van der Waals surface area contributed by atoms with Crippen LogP contribution in [0.1, 0.15) is 45.2 Å². The molecule has 0 spiro atoms. The maximum Gasteiger partial charge on any atom is 0.0932 e. The molecule has 1 atom stereocenters. The summed E-state index contributed by atoms with van der Waals surface area (Å²) in [4.78, 5) is 0. The first kappa shape index (κ1) is 12.7. The Hall–Kier alpha value is -0.380. The van der Waals surface area contributed by atoms with Crippen molar-refractivity contribution in [2.24, 2.45) is 5.92 Å². The summed E-state index contributed by atoms with van der Waals surface area (Å²) in [5.74, 6) is 0.745. The van der Waals surface area contributed by atoms with Gasteiger partial charge in [0.25, 0.3) is 0 Å². The van der Waals surface area contributed by atoms with E-state index in [-0.39, 0.29) is 0 Å². The van der Waals surface area contributed by atoms with E-state index in [0.717, 1.165) is 23.5 Å². The zero-order valence-corrected chi connectivity index (χ0v) is 11.2. The van der Waals surface area contributed by atoms with Crippen molar-refractivity contribution < 1.29 is 0 Å². The van der Waals surface area contributed by atoms with Crippen LogP contribution in [0.15, 0.2) is 6.20 Å². The van der Waals surface area contributed by atoms with Gasteiger partial charge in [-0.25, -0.2) is 0 Å². The summed E-state index contributed by atoms with van der Waals surface area (Å²) in [5.41, 5.74) is 1.01. The van der Waals surface area contributed by atoms with Gasteiger partial charge in [-0.2, -0.15) is 0 Å². The van der Waals surface area contributed by atoms with E-state index >= 15 is 0 Å². The molecule has 1 aromatic rings. The zero-order chi connectivity index (χ0) is 11.1.